The number of allylic oxidation sites excluding steroid dienone is 1. The van der Waals surface area contributed by atoms with Gasteiger partial charge in [0.25, 0.3) is 5.69 Å². The van der Waals surface area contributed by atoms with Gasteiger partial charge in [-0.1, -0.05) is 44.2 Å². The Morgan fingerprint density at radius 3 is 2.07 bits per heavy atom. The van der Waals surface area contributed by atoms with Crippen molar-refractivity contribution in [3.05, 3.63) is 81.4 Å². The number of nitrogens with zero attached hydrogens (tertiary/aromatic N) is 1. The largest absolute Gasteiger partial charge is 0.481 e. The van der Waals surface area contributed by atoms with Gasteiger partial charge in [-0.3, -0.25) is 19.7 Å². The summed E-state index contributed by atoms with van der Waals surface area (Å²) in [6, 6.07) is 13.8. The van der Waals surface area contributed by atoms with Gasteiger partial charge >= 0.3 is 5.97 Å². The Balaban J connectivity index is 0.000000283. The molecule has 0 heterocycles. The van der Waals surface area contributed by atoms with Crippen LogP contribution in [0.25, 0.3) is 6.08 Å². The molecule has 1 N–H and O–H groups in total. The Hall–Kier alpha value is -3.28. The lowest BCUT2D eigenvalue weighted by molar-refractivity contribution is -0.384. The van der Waals surface area contributed by atoms with E-state index in [1.165, 1.54) is 23.8 Å². The molecule has 28 heavy (non-hydrogen) atoms. The first-order valence-corrected chi connectivity index (χ1v) is 8.92. The first-order valence-electron chi connectivity index (χ1n) is 8.92. The third-order valence-corrected chi connectivity index (χ3v) is 3.97. The highest BCUT2D eigenvalue weighted by Crippen LogP contribution is 2.17. The zero-order valence-electron chi connectivity index (χ0n) is 16.2. The summed E-state index contributed by atoms with van der Waals surface area (Å²) in [6.07, 6.45) is 4.61. The monoisotopic (exact) mass is 383 g/mol. The summed E-state index contributed by atoms with van der Waals surface area (Å²) in [5, 5.41) is 19.1. The predicted octanol–water partition coefficient (Wildman–Crippen LogP) is 4.88. The minimum absolute atomic E-state index is 0.0447. The first-order chi connectivity index (χ1) is 13.2. The zero-order chi connectivity index (χ0) is 21.1. The Bertz CT molecular complexity index is 808. The summed E-state index contributed by atoms with van der Waals surface area (Å²) in [6.45, 7) is 6.06. The number of carboxylic acid groups (broad SMARTS) is 1. The zero-order valence-corrected chi connectivity index (χ0v) is 16.2. The normalized spacial score (nSPS) is 11.6. The quantitative estimate of drug-likeness (QED) is 0.318. The number of benzene rings is 2. The summed E-state index contributed by atoms with van der Waals surface area (Å²) in [5.74, 6) is -0.558. The number of nitro groups is 1. The third kappa shape index (κ3) is 7.95. The molecule has 0 bridgehead atoms. The van der Waals surface area contributed by atoms with E-state index in [0.717, 1.165) is 17.5 Å². The van der Waals surface area contributed by atoms with Gasteiger partial charge in [-0.15, -0.1) is 0 Å². The van der Waals surface area contributed by atoms with E-state index in [1.54, 1.807) is 25.1 Å². The fraction of sp³-hybridized carbons (Fsp3) is 0.273. The van der Waals surface area contributed by atoms with Crippen LogP contribution in [0.1, 0.15) is 43.4 Å². The second kappa shape index (κ2) is 11.4. The van der Waals surface area contributed by atoms with Crippen molar-refractivity contribution in [1.82, 2.24) is 0 Å². The number of hydrogen-bond acceptors (Lipinski definition) is 4. The van der Waals surface area contributed by atoms with Gasteiger partial charge in [0.05, 0.1) is 10.8 Å². The van der Waals surface area contributed by atoms with E-state index in [4.69, 9.17) is 5.11 Å². The van der Waals surface area contributed by atoms with E-state index in [0.29, 0.717) is 12.2 Å². The molecule has 0 fully saturated rings. The van der Waals surface area contributed by atoms with Gasteiger partial charge in [-0.05, 0) is 54.2 Å². The van der Waals surface area contributed by atoms with Crippen LogP contribution in [0.5, 0.6) is 0 Å². The number of aldehydes is 1. The molecule has 0 aliphatic rings. The van der Waals surface area contributed by atoms with Crippen molar-refractivity contribution in [3.63, 3.8) is 0 Å². The molecule has 0 aromatic heterocycles. The third-order valence-electron chi connectivity index (χ3n) is 3.97. The number of carboxylic acids is 1. The number of hydrogen-bond donors (Lipinski definition) is 1. The molecule has 0 aliphatic heterocycles. The molecule has 1 unspecified atom stereocenters. The van der Waals surface area contributed by atoms with Crippen LogP contribution in [0.15, 0.2) is 54.6 Å². The second-order valence-electron chi connectivity index (χ2n) is 6.74. The molecule has 2 aromatic rings. The van der Waals surface area contributed by atoms with Gasteiger partial charge in [0.1, 0.15) is 6.29 Å². The van der Waals surface area contributed by atoms with Gasteiger partial charge in [0.15, 0.2) is 0 Å². The summed E-state index contributed by atoms with van der Waals surface area (Å²) < 4.78 is 0. The number of non-ortho nitro benzene ring substituents is 1. The Labute approximate surface area is 164 Å². The molecule has 6 nitrogen and oxygen atoms in total. The highest BCUT2D eigenvalue weighted by atomic mass is 16.6. The standard InChI is InChI=1S/C13H18O2.C9H7NO3/c1-9(2)8-11-4-6-12(7-5-11)10(3)13(14)15;11-7-1-2-8-3-5-9(6-4-8)10(12)13/h4-7,9-10H,8H2,1-3H3,(H,14,15);1-7H. The summed E-state index contributed by atoms with van der Waals surface area (Å²) in [7, 11) is 0. The van der Waals surface area contributed by atoms with E-state index in [-0.39, 0.29) is 5.69 Å². The average Bonchev–Trinajstić information content (AvgIpc) is 2.66. The van der Waals surface area contributed by atoms with Crippen LogP contribution in [0.2, 0.25) is 0 Å². The maximum atomic E-state index is 10.8. The molecule has 0 spiro atoms. The highest BCUT2D eigenvalue weighted by Gasteiger charge is 2.12. The second-order valence-corrected chi connectivity index (χ2v) is 6.74. The lowest BCUT2D eigenvalue weighted by atomic mass is 9.97. The summed E-state index contributed by atoms with van der Waals surface area (Å²) in [5.41, 5.74) is 2.95. The molecule has 2 rings (SSSR count). The fourth-order valence-electron chi connectivity index (χ4n) is 2.41. The SMILES string of the molecule is CC(C)Cc1ccc(C(C)C(=O)O)cc1.O=CC=Cc1ccc([N+](=O)[O-])cc1. The van der Waals surface area contributed by atoms with E-state index >= 15 is 0 Å². The molecule has 0 saturated heterocycles. The maximum Gasteiger partial charge on any atom is 0.310 e. The topological polar surface area (TPSA) is 97.5 Å². The molecular formula is C22H25NO5. The van der Waals surface area contributed by atoms with Crippen LogP contribution in [-0.4, -0.2) is 22.3 Å². The van der Waals surface area contributed by atoms with E-state index < -0.39 is 16.8 Å². The molecule has 2 aromatic carbocycles. The first kappa shape index (κ1) is 22.8. The minimum Gasteiger partial charge on any atom is -0.481 e. The van der Waals surface area contributed by atoms with E-state index in [2.05, 4.69) is 13.8 Å². The minimum atomic E-state index is -0.772. The molecule has 0 saturated carbocycles. The number of aliphatic carboxylic acids is 1. The molecule has 6 heteroatoms. The molecular weight excluding hydrogens is 358 g/mol. The maximum absolute atomic E-state index is 10.8. The Morgan fingerprint density at radius 1 is 1.07 bits per heavy atom. The van der Waals surface area contributed by atoms with Crippen LogP contribution < -0.4 is 0 Å². The van der Waals surface area contributed by atoms with Crippen LogP contribution >= 0.6 is 0 Å². The molecule has 148 valence electrons. The van der Waals surface area contributed by atoms with Crippen molar-refractivity contribution in [3.8, 4) is 0 Å². The summed E-state index contributed by atoms with van der Waals surface area (Å²) in [4.78, 5) is 30.5. The van der Waals surface area contributed by atoms with Crippen molar-refractivity contribution in [1.29, 1.82) is 0 Å². The summed E-state index contributed by atoms with van der Waals surface area (Å²) >= 11 is 0. The highest BCUT2D eigenvalue weighted by molar-refractivity contribution is 5.75. The van der Waals surface area contributed by atoms with E-state index in [9.17, 15) is 19.7 Å². The molecule has 0 aliphatic carbocycles. The van der Waals surface area contributed by atoms with Gasteiger partial charge in [0, 0.05) is 12.1 Å². The lowest BCUT2D eigenvalue weighted by Gasteiger charge is -2.09. The van der Waals surface area contributed by atoms with Crippen molar-refractivity contribution >= 4 is 24.0 Å². The van der Waals surface area contributed by atoms with Gasteiger partial charge < -0.3 is 5.11 Å². The van der Waals surface area contributed by atoms with E-state index in [1.807, 2.05) is 24.3 Å². The van der Waals surface area contributed by atoms with Crippen LogP contribution in [0.4, 0.5) is 5.69 Å². The van der Waals surface area contributed by atoms with Gasteiger partial charge in [-0.25, -0.2) is 0 Å². The fourth-order valence-corrected chi connectivity index (χ4v) is 2.41. The van der Waals surface area contributed by atoms with Crippen molar-refractivity contribution in [2.24, 2.45) is 5.92 Å². The van der Waals surface area contributed by atoms with Crippen molar-refractivity contribution in [2.75, 3.05) is 0 Å². The van der Waals surface area contributed by atoms with Crippen LogP contribution in [0, 0.1) is 16.0 Å². The van der Waals surface area contributed by atoms with Gasteiger partial charge in [-0.2, -0.15) is 0 Å². The smallest absolute Gasteiger partial charge is 0.310 e. The number of nitro benzene ring substituents is 1. The van der Waals surface area contributed by atoms with Crippen LogP contribution in [-0.2, 0) is 16.0 Å². The number of rotatable bonds is 7. The van der Waals surface area contributed by atoms with Crippen molar-refractivity contribution in [2.45, 2.75) is 33.1 Å². The molecule has 0 amide bonds. The molecule has 1 atom stereocenters. The van der Waals surface area contributed by atoms with Crippen molar-refractivity contribution < 1.29 is 19.6 Å². The Kier molecular flexibility index (Phi) is 9.30. The number of carbonyl (C=O) groups excluding carboxylic acids is 1. The van der Waals surface area contributed by atoms with Gasteiger partial charge in [0.2, 0.25) is 0 Å². The Morgan fingerprint density at radius 2 is 1.64 bits per heavy atom. The number of carbonyl (C=O) groups is 2. The van der Waals surface area contributed by atoms with Crippen LogP contribution in [0.3, 0.4) is 0 Å². The predicted molar refractivity (Wildman–Crippen MR) is 109 cm³/mol. The molecule has 0 radical (unpaired) electrons. The average molecular weight is 383 g/mol. The lowest BCUT2D eigenvalue weighted by Crippen LogP contribution is -2.07.